The third kappa shape index (κ3) is 7.95. The van der Waals surface area contributed by atoms with Crippen LogP contribution in [0.25, 0.3) is 10.8 Å². The first-order valence-corrected chi connectivity index (χ1v) is 17.1. The molecule has 0 bridgehead atoms. The lowest BCUT2D eigenvalue weighted by atomic mass is 10.1. The maximum Gasteiger partial charge on any atom is 0.296 e. The lowest BCUT2D eigenvalue weighted by Gasteiger charge is -2.09. The third-order valence-corrected chi connectivity index (χ3v) is 8.85. The van der Waals surface area contributed by atoms with Crippen molar-refractivity contribution in [1.82, 2.24) is 0 Å². The number of hydrogen-bond acceptors (Lipinski definition) is 10. The molecule has 11 nitrogen and oxygen atoms in total. The van der Waals surface area contributed by atoms with Gasteiger partial charge >= 0.3 is 0 Å². The van der Waals surface area contributed by atoms with Crippen molar-refractivity contribution in [2.24, 2.45) is 30.7 Å². The Balaban J connectivity index is 1.14. The van der Waals surface area contributed by atoms with E-state index in [0.717, 1.165) is 27.8 Å². The summed E-state index contributed by atoms with van der Waals surface area (Å²) in [6.45, 7) is 6.34. The first-order valence-electron chi connectivity index (χ1n) is 15.6. The number of benzene rings is 6. The van der Waals surface area contributed by atoms with Crippen LogP contribution in [0.15, 0.2) is 151 Å². The molecule has 0 saturated heterocycles. The number of nitrogens with one attached hydrogen (secondary N) is 1. The highest BCUT2D eigenvalue weighted by atomic mass is 32.2. The number of rotatable bonds is 10. The molecule has 0 saturated carbocycles. The zero-order chi connectivity index (χ0) is 35.3. The number of fused-ring (bicyclic) bond motifs is 1. The van der Waals surface area contributed by atoms with E-state index in [1.54, 1.807) is 30.3 Å². The maximum absolute atomic E-state index is 11.6. The lowest BCUT2D eigenvalue weighted by molar-refractivity contribution is 0.482. The van der Waals surface area contributed by atoms with Gasteiger partial charge in [0.05, 0.1) is 22.7 Å². The average Bonchev–Trinajstić information content (AvgIpc) is 3.10. The van der Waals surface area contributed by atoms with Crippen LogP contribution in [0.1, 0.15) is 22.3 Å². The van der Waals surface area contributed by atoms with Crippen LogP contribution in [-0.2, 0) is 16.7 Å². The van der Waals surface area contributed by atoms with E-state index in [2.05, 4.69) is 48.1 Å². The molecule has 6 rings (SSSR count). The molecule has 6 aromatic rings. The highest BCUT2D eigenvalue weighted by Gasteiger charge is 2.15. The van der Waals surface area contributed by atoms with E-state index in [-0.39, 0.29) is 16.3 Å². The second-order valence-electron chi connectivity index (χ2n) is 11.6. The number of phenolic OH excluding ortho intramolecular Hbond substituents is 1. The predicted octanol–water partition coefficient (Wildman–Crippen LogP) is 11.6. The van der Waals surface area contributed by atoms with Crippen LogP contribution in [0, 0.1) is 20.8 Å². The van der Waals surface area contributed by atoms with Crippen molar-refractivity contribution in [2.45, 2.75) is 32.2 Å². The summed E-state index contributed by atoms with van der Waals surface area (Å²) in [4.78, 5) is -0.321. The van der Waals surface area contributed by atoms with Gasteiger partial charge in [-0.05, 0) is 115 Å². The molecule has 3 N–H and O–H groups in total. The summed E-state index contributed by atoms with van der Waals surface area (Å²) in [6.07, 6.45) is 0. The lowest BCUT2D eigenvalue weighted by Crippen LogP contribution is -1.98. The Bertz CT molecular complexity index is 2410. The van der Waals surface area contributed by atoms with Gasteiger partial charge in [0.25, 0.3) is 10.1 Å². The Morgan fingerprint density at radius 3 is 1.90 bits per heavy atom. The van der Waals surface area contributed by atoms with Crippen LogP contribution in [-0.4, -0.2) is 18.1 Å². The molecule has 0 spiro atoms. The SMILES string of the molecule is Cc1cc(N=Nc2ccc3cc(NCc4ccccc4)ccc3c2O)c(C)cc1N=Nc1ccc(N=Nc2ccccc2S(=O)(=O)O)c(C)c1. The first-order chi connectivity index (χ1) is 24.0. The fourth-order valence-corrected chi connectivity index (χ4v) is 5.82. The van der Waals surface area contributed by atoms with E-state index < -0.39 is 10.1 Å². The number of aryl methyl sites for hydroxylation is 3. The van der Waals surface area contributed by atoms with Gasteiger partial charge in [-0.2, -0.15) is 28.9 Å². The molecule has 6 aromatic carbocycles. The summed E-state index contributed by atoms with van der Waals surface area (Å²) in [5.41, 5.74) is 7.35. The van der Waals surface area contributed by atoms with Gasteiger partial charge in [-0.3, -0.25) is 4.55 Å². The highest BCUT2D eigenvalue weighted by molar-refractivity contribution is 7.86. The molecule has 50 heavy (non-hydrogen) atoms. The van der Waals surface area contributed by atoms with Gasteiger partial charge in [-0.15, -0.1) is 10.2 Å². The highest BCUT2D eigenvalue weighted by Crippen LogP contribution is 2.38. The molecule has 0 aliphatic rings. The Morgan fingerprint density at radius 2 is 1.18 bits per heavy atom. The Morgan fingerprint density at radius 1 is 0.580 bits per heavy atom. The predicted molar refractivity (Wildman–Crippen MR) is 195 cm³/mol. The average molecular weight is 684 g/mol. The molecule has 0 heterocycles. The Labute approximate surface area is 289 Å². The minimum Gasteiger partial charge on any atom is -0.505 e. The third-order valence-electron chi connectivity index (χ3n) is 7.95. The van der Waals surface area contributed by atoms with Crippen LogP contribution < -0.4 is 5.32 Å². The number of anilines is 1. The summed E-state index contributed by atoms with van der Waals surface area (Å²) in [6, 6.07) is 34.4. The standard InChI is InChI=1S/C38H33N7O4S/c1-24-19-30(15-18-32(24)41-42-33-11-7-8-12-37(33)50(47,48)49)40-44-35-20-26(3)36(21-25(35)2)45-43-34-17-13-28-22-29(14-16-31(28)38(34)46)39-23-27-9-5-4-6-10-27/h4-22,39,46H,23H2,1-3H3,(H,47,48,49). The van der Waals surface area contributed by atoms with Gasteiger partial charge in [0.2, 0.25) is 0 Å². The number of nitrogens with zero attached hydrogens (tertiary/aromatic N) is 6. The Hall–Kier alpha value is -6.11. The van der Waals surface area contributed by atoms with E-state index in [4.69, 9.17) is 0 Å². The molecular weight excluding hydrogens is 651 g/mol. The van der Waals surface area contributed by atoms with Gasteiger partial charge in [-0.1, -0.05) is 48.5 Å². The van der Waals surface area contributed by atoms with E-state index >= 15 is 0 Å². The molecule has 0 aliphatic carbocycles. The largest absolute Gasteiger partial charge is 0.505 e. The first kappa shape index (κ1) is 33.8. The number of phenols is 1. The summed E-state index contributed by atoms with van der Waals surface area (Å²) in [5, 5.41) is 41.8. The van der Waals surface area contributed by atoms with Gasteiger partial charge in [0.1, 0.15) is 16.3 Å². The maximum atomic E-state index is 11.6. The molecule has 0 aliphatic heterocycles. The second-order valence-corrected chi connectivity index (χ2v) is 13.0. The van der Waals surface area contributed by atoms with E-state index in [9.17, 15) is 18.1 Å². The quantitative estimate of drug-likeness (QED) is 0.0965. The normalized spacial score (nSPS) is 12.1. The minimum atomic E-state index is -4.44. The van der Waals surface area contributed by atoms with Crippen LogP contribution in [0.5, 0.6) is 5.75 Å². The zero-order valence-corrected chi connectivity index (χ0v) is 28.3. The monoisotopic (exact) mass is 683 g/mol. The number of hydrogen-bond donors (Lipinski definition) is 3. The molecule has 0 aromatic heterocycles. The van der Waals surface area contributed by atoms with Gasteiger partial charge in [-0.25, -0.2) is 0 Å². The number of azo groups is 3. The van der Waals surface area contributed by atoms with Crippen molar-refractivity contribution in [3.8, 4) is 5.75 Å². The second kappa shape index (κ2) is 14.6. The molecule has 0 atom stereocenters. The molecule has 0 amide bonds. The van der Waals surface area contributed by atoms with Crippen molar-refractivity contribution in [1.29, 1.82) is 0 Å². The van der Waals surface area contributed by atoms with E-state index in [1.807, 2.05) is 75.4 Å². The minimum absolute atomic E-state index is 0.0302. The fraction of sp³-hybridized carbons (Fsp3) is 0.105. The van der Waals surface area contributed by atoms with Crippen molar-refractivity contribution >= 4 is 60.7 Å². The molecule has 0 radical (unpaired) electrons. The number of aromatic hydroxyl groups is 1. The van der Waals surface area contributed by atoms with Crippen LogP contribution in [0.2, 0.25) is 0 Å². The smallest absolute Gasteiger partial charge is 0.296 e. The molecule has 0 fully saturated rings. The van der Waals surface area contributed by atoms with Crippen LogP contribution >= 0.6 is 0 Å². The van der Waals surface area contributed by atoms with Crippen LogP contribution in [0.3, 0.4) is 0 Å². The zero-order valence-electron chi connectivity index (χ0n) is 27.5. The summed E-state index contributed by atoms with van der Waals surface area (Å²) < 4.78 is 32.7. The van der Waals surface area contributed by atoms with Crippen molar-refractivity contribution < 1.29 is 18.1 Å². The van der Waals surface area contributed by atoms with Gasteiger partial charge in [0, 0.05) is 17.6 Å². The summed E-state index contributed by atoms with van der Waals surface area (Å²) in [7, 11) is -4.44. The van der Waals surface area contributed by atoms with Crippen molar-refractivity contribution in [3.63, 3.8) is 0 Å². The fourth-order valence-electron chi connectivity index (χ4n) is 5.19. The van der Waals surface area contributed by atoms with Crippen molar-refractivity contribution in [3.05, 3.63) is 138 Å². The Kier molecular flexibility index (Phi) is 9.84. The summed E-state index contributed by atoms with van der Waals surface area (Å²) in [5.74, 6) is 0.0614. The topological polar surface area (TPSA) is 161 Å². The summed E-state index contributed by atoms with van der Waals surface area (Å²) >= 11 is 0. The van der Waals surface area contributed by atoms with Gasteiger partial charge < -0.3 is 10.4 Å². The van der Waals surface area contributed by atoms with Gasteiger partial charge in [0.15, 0.2) is 5.75 Å². The van der Waals surface area contributed by atoms with Crippen molar-refractivity contribution in [2.75, 3.05) is 5.32 Å². The van der Waals surface area contributed by atoms with E-state index in [1.165, 1.54) is 23.8 Å². The van der Waals surface area contributed by atoms with Crippen LogP contribution in [0.4, 0.5) is 39.8 Å². The van der Waals surface area contributed by atoms with E-state index in [0.29, 0.717) is 40.4 Å². The molecule has 12 heteroatoms. The molecular formula is C38H33N7O4S. The molecule has 0 unspecified atom stereocenters. The molecule has 250 valence electrons.